The molecule has 0 aromatic heterocycles. The molecule has 0 aliphatic heterocycles. The first-order valence-electron chi connectivity index (χ1n) is 10.1. The van der Waals surface area contributed by atoms with Crippen molar-refractivity contribution in [1.29, 1.82) is 0 Å². The maximum absolute atomic E-state index is 12.7. The van der Waals surface area contributed by atoms with Gasteiger partial charge in [-0.3, -0.25) is 9.79 Å². The van der Waals surface area contributed by atoms with E-state index in [1.165, 1.54) is 7.11 Å². The molecule has 0 saturated carbocycles. The lowest BCUT2D eigenvalue weighted by atomic mass is 10.0. The minimum atomic E-state index is -0.879. The number of benzene rings is 2. The quantitative estimate of drug-likeness (QED) is 0.262. The molecule has 7 heteroatoms. The summed E-state index contributed by atoms with van der Waals surface area (Å²) in [5.74, 6) is -1.09. The topological polar surface area (TPSA) is 67.8 Å². The molecule has 0 aliphatic rings. The van der Waals surface area contributed by atoms with Crippen LogP contribution >= 0.6 is 23.2 Å². The Morgan fingerprint density at radius 1 is 1.12 bits per heavy atom. The summed E-state index contributed by atoms with van der Waals surface area (Å²) in [4.78, 5) is 29.0. The number of rotatable bonds is 11. The molecule has 1 amide bonds. The first kappa shape index (κ1) is 25.4. The Hall–Kier alpha value is -2.89. The molecular weight excluding hydrogens is 447 g/mol. The third-order valence-electron chi connectivity index (χ3n) is 4.86. The smallest absolute Gasteiger partial charge is 0.328 e. The van der Waals surface area contributed by atoms with Gasteiger partial charge in [-0.25, -0.2) is 4.79 Å². The number of ether oxygens (including phenoxy) is 1. The molecule has 168 valence electrons. The van der Waals surface area contributed by atoms with Gasteiger partial charge < -0.3 is 10.1 Å². The van der Waals surface area contributed by atoms with Crippen molar-refractivity contribution >= 4 is 41.8 Å². The van der Waals surface area contributed by atoms with Gasteiger partial charge in [0.2, 0.25) is 0 Å². The summed E-state index contributed by atoms with van der Waals surface area (Å²) in [5, 5.41) is 3.10. The van der Waals surface area contributed by atoms with E-state index in [0.717, 1.165) is 36.1 Å². The maximum Gasteiger partial charge on any atom is 0.328 e. The Labute approximate surface area is 198 Å². The van der Waals surface area contributed by atoms with Gasteiger partial charge in [0, 0.05) is 12.1 Å². The average Bonchev–Trinajstić information content (AvgIpc) is 2.78. The van der Waals surface area contributed by atoms with Crippen molar-refractivity contribution in [2.45, 2.75) is 31.7 Å². The van der Waals surface area contributed by atoms with Gasteiger partial charge in [-0.2, -0.15) is 0 Å². The van der Waals surface area contributed by atoms with E-state index < -0.39 is 17.9 Å². The Kier molecular flexibility index (Phi) is 10.2. The molecule has 0 bridgehead atoms. The molecule has 32 heavy (non-hydrogen) atoms. The lowest BCUT2D eigenvalue weighted by molar-refractivity contribution is -0.142. The number of aryl methyl sites for hydroxylation is 1. The van der Waals surface area contributed by atoms with Gasteiger partial charge in [-0.05, 0) is 55.3 Å². The molecule has 2 aromatic carbocycles. The number of carbonyl (C=O) groups excluding carboxylic acids is 2. The third-order valence-corrected chi connectivity index (χ3v) is 5.49. The lowest BCUT2D eigenvalue weighted by Crippen LogP contribution is -2.43. The molecule has 1 N–H and O–H groups in total. The highest BCUT2D eigenvalue weighted by molar-refractivity contribution is 6.39. The van der Waals surface area contributed by atoms with Gasteiger partial charge in [0.1, 0.15) is 6.04 Å². The molecule has 0 aliphatic carbocycles. The van der Waals surface area contributed by atoms with Crippen molar-refractivity contribution in [3.8, 4) is 0 Å². The molecule has 2 rings (SSSR count). The van der Waals surface area contributed by atoms with Crippen molar-refractivity contribution in [3.63, 3.8) is 0 Å². The fraction of sp³-hybridized carbons (Fsp3) is 0.240. The monoisotopic (exact) mass is 472 g/mol. The molecule has 1 atom stereocenters. The Morgan fingerprint density at radius 2 is 1.75 bits per heavy atom. The van der Waals surface area contributed by atoms with Crippen LogP contribution in [0.3, 0.4) is 0 Å². The summed E-state index contributed by atoms with van der Waals surface area (Å²) < 4.78 is 4.87. The van der Waals surface area contributed by atoms with E-state index in [1.54, 1.807) is 24.3 Å². The second kappa shape index (κ2) is 12.8. The van der Waals surface area contributed by atoms with E-state index in [9.17, 15) is 9.59 Å². The number of halogens is 2. The van der Waals surface area contributed by atoms with Crippen LogP contribution in [0, 0.1) is 0 Å². The summed E-state index contributed by atoms with van der Waals surface area (Å²) in [6, 6.07) is 11.8. The molecule has 2 aromatic rings. The predicted octanol–water partition coefficient (Wildman–Crippen LogP) is 5.60. The van der Waals surface area contributed by atoms with Crippen LogP contribution in [-0.4, -0.2) is 31.7 Å². The van der Waals surface area contributed by atoms with E-state index >= 15 is 0 Å². The number of hydrogen-bond acceptors (Lipinski definition) is 4. The highest BCUT2D eigenvalue weighted by atomic mass is 35.5. The minimum Gasteiger partial charge on any atom is -0.467 e. The number of aliphatic imine (C=N–C) groups is 1. The number of hydrogen-bond donors (Lipinski definition) is 1. The number of allylic oxidation sites excluding steroid dienone is 3. The highest BCUT2D eigenvalue weighted by Crippen LogP contribution is 2.24. The van der Waals surface area contributed by atoms with Gasteiger partial charge >= 0.3 is 5.97 Å². The van der Waals surface area contributed by atoms with Crippen LogP contribution in [0.15, 0.2) is 71.9 Å². The number of esters is 1. The van der Waals surface area contributed by atoms with Crippen LogP contribution < -0.4 is 5.32 Å². The standard InChI is InChI=1S/C25H26Cl2N2O3/c1-4-7-19(28-2)9-5-8-17-12-14-18(15-13-17)16-22(25(31)32-3)29-24(30)23-20(26)10-6-11-21(23)27/h4,6-7,10-15,22H,1-2,5,8-9,16H2,3H3,(H,29,30)/b19-7-. The number of nitrogens with one attached hydrogen (secondary N) is 1. The summed E-state index contributed by atoms with van der Waals surface area (Å²) in [5.41, 5.74) is 3.08. The van der Waals surface area contributed by atoms with Gasteiger partial charge in [0.05, 0.1) is 22.7 Å². The zero-order valence-corrected chi connectivity index (χ0v) is 19.5. The van der Waals surface area contributed by atoms with Crippen molar-refractivity contribution < 1.29 is 14.3 Å². The second-order valence-corrected chi connectivity index (χ2v) is 7.89. The fourth-order valence-electron chi connectivity index (χ4n) is 3.18. The summed E-state index contributed by atoms with van der Waals surface area (Å²) in [7, 11) is 1.28. The van der Waals surface area contributed by atoms with Crippen LogP contribution in [0.25, 0.3) is 0 Å². The van der Waals surface area contributed by atoms with Gasteiger partial charge in [-0.1, -0.05) is 66.2 Å². The zero-order valence-electron chi connectivity index (χ0n) is 17.9. The van der Waals surface area contributed by atoms with E-state index in [0.29, 0.717) is 0 Å². The minimum absolute atomic E-state index is 0.124. The van der Waals surface area contributed by atoms with Gasteiger partial charge in [0.25, 0.3) is 5.91 Å². The van der Waals surface area contributed by atoms with E-state index in [2.05, 4.69) is 23.6 Å². The molecule has 0 saturated heterocycles. The molecule has 1 unspecified atom stereocenters. The van der Waals surface area contributed by atoms with Gasteiger partial charge in [0.15, 0.2) is 0 Å². The molecule has 0 heterocycles. The Bertz CT molecular complexity index is 980. The summed E-state index contributed by atoms with van der Waals surface area (Å²) in [6.07, 6.45) is 6.46. The van der Waals surface area contributed by atoms with Crippen LogP contribution in [-0.2, 0) is 22.4 Å². The number of nitrogens with zero attached hydrogens (tertiary/aromatic N) is 1. The Morgan fingerprint density at radius 3 is 2.31 bits per heavy atom. The van der Waals surface area contributed by atoms with Crippen LogP contribution in [0.4, 0.5) is 0 Å². The van der Waals surface area contributed by atoms with Crippen molar-refractivity contribution in [3.05, 3.63) is 93.6 Å². The van der Waals surface area contributed by atoms with Crippen molar-refractivity contribution in [2.24, 2.45) is 4.99 Å². The maximum atomic E-state index is 12.7. The number of carbonyl (C=O) groups is 2. The first-order valence-corrected chi connectivity index (χ1v) is 10.8. The third kappa shape index (κ3) is 7.36. The van der Waals surface area contributed by atoms with E-state index in [-0.39, 0.29) is 22.0 Å². The normalized spacial score (nSPS) is 12.0. The molecular formula is C25H26Cl2N2O3. The van der Waals surface area contributed by atoms with E-state index in [4.69, 9.17) is 27.9 Å². The van der Waals surface area contributed by atoms with Crippen LogP contribution in [0.5, 0.6) is 0 Å². The number of methoxy groups -OCH3 is 1. The first-order chi connectivity index (χ1) is 15.4. The van der Waals surface area contributed by atoms with Crippen molar-refractivity contribution in [2.75, 3.05) is 7.11 Å². The summed E-state index contributed by atoms with van der Waals surface area (Å²) in [6.45, 7) is 7.24. The lowest BCUT2D eigenvalue weighted by Gasteiger charge is -2.18. The molecule has 0 radical (unpaired) electrons. The second-order valence-electron chi connectivity index (χ2n) is 7.07. The fourth-order valence-corrected chi connectivity index (χ4v) is 3.75. The average molecular weight is 473 g/mol. The molecule has 5 nitrogen and oxygen atoms in total. The Balaban J connectivity index is 2.04. The zero-order chi connectivity index (χ0) is 23.5. The highest BCUT2D eigenvalue weighted by Gasteiger charge is 2.24. The largest absolute Gasteiger partial charge is 0.467 e. The van der Waals surface area contributed by atoms with Gasteiger partial charge in [-0.15, -0.1) is 0 Å². The van der Waals surface area contributed by atoms with E-state index in [1.807, 2.05) is 30.3 Å². The molecule has 0 fully saturated rings. The van der Waals surface area contributed by atoms with Crippen molar-refractivity contribution in [1.82, 2.24) is 5.32 Å². The predicted molar refractivity (Wildman–Crippen MR) is 131 cm³/mol. The molecule has 0 spiro atoms. The van der Waals surface area contributed by atoms with Crippen LogP contribution in [0.2, 0.25) is 10.0 Å². The SMILES string of the molecule is C=C/C=C(/CCCc1ccc(CC(NC(=O)c2c(Cl)cccc2Cl)C(=O)OC)cc1)N=C. The number of amides is 1. The summed E-state index contributed by atoms with van der Waals surface area (Å²) >= 11 is 12.2. The van der Waals surface area contributed by atoms with Crippen LogP contribution in [0.1, 0.15) is 34.3 Å².